The van der Waals surface area contributed by atoms with E-state index in [4.69, 9.17) is 9.47 Å². The molecule has 2 rings (SSSR count). The predicted molar refractivity (Wildman–Crippen MR) is 73.8 cm³/mol. The number of hydrogen-bond donors (Lipinski definition) is 1. The Kier molecular flexibility index (Phi) is 5.47. The first-order chi connectivity index (χ1) is 8.81. The fourth-order valence-corrected chi connectivity index (χ4v) is 2.72. The van der Waals surface area contributed by atoms with Gasteiger partial charge in [0.2, 0.25) is 0 Å². The number of aliphatic hydroxyl groups excluding tert-OH is 1. The summed E-state index contributed by atoms with van der Waals surface area (Å²) in [6.07, 6.45) is 4.82. The monoisotopic (exact) mass is 314 g/mol. The second kappa shape index (κ2) is 7.12. The van der Waals surface area contributed by atoms with Gasteiger partial charge in [0.05, 0.1) is 23.8 Å². The van der Waals surface area contributed by atoms with E-state index in [1.54, 1.807) is 0 Å². The molecule has 1 aliphatic heterocycles. The van der Waals surface area contributed by atoms with Crippen LogP contribution in [0.5, 0.6) is 5.75 Å². The minimum atomic E-state index is 0.000505. The first kappa shape index (κ1) is 13.8. The SMILES string of the molecule is OCc1cccc(Br)c1OCCCC1CCCO1. The van der Waals surface area contributed by atoms with Crippen molar-refractivity contribution in [3.8, 4) is 5.75 Å². The van der Waals surface area contributed by atoms with E-state index in [9.17, 15) is 5.11 Å². The van der Waals surface area contributed by atoms with Crippen LogP contribution in [0.15, 0.2) is 22.7 Å². The van der Waals surface area contributed by atoms with Crippen LogP contribution in [0.4, 0.5) is 0 Å². The summed E-state index contributed by atoms with van der Waals surface area (Å²) in [5.41, 5.74) is 0.821. The first-order valence-corrected chi connectivity index (χ1v) is 7.23. The Morgan fingerprint density at radius 2 is 2.33 bits per heavy atom. The third-order valence-electron chi connectivity index (χ3n) is 3.16. The Morgan fingerprint density at radius 3 is 3.06 bits per heavy atom. The fourth-order valence-electron chi connectivity index (χ4n) is 2.20. The van der Waals surface area contributed by atoms with Crippen LogP contribution in [0.25, 0.3) is 0 Å². The molecule has 0 aliphatic carbocycles. The van der Waals surface area contributed by atoms with Gasteiger partial charge in [0.15, 0.2) is 0 Å². The van der Waals surface area contributed by atoms with Gasteiger partial charge in [-0.25, -0.2) is 0 Å². The van der Waals surface area contributed by atoms with E-state index in [2.05, 4.69) is 15.9 Å². The molecule has 3 nitrogen and oxygen atoms in total. The summed E-state index contributed by atoms with van der Waals surface area (Å²) < 4.78 is 12.2. The zero-order chi connectivity index (χ0) is 12.8. The van der Waals surface area contributed by atoms with Gasteiger partial charge in [-0.2, -0.15) is 0 Å². The summed E-state index contributed by atoms with van der Waals surface area (Å²) in [5.74, 6) is 0.757. The van der Waals surface area contributed by atoms with Gasteiger partial charge in [0, 0.05) is 12.2 Å². The summed E-state index contributed by atoms with van der Waals surface area (Å²) >= 11 is 3.45. The van der Waals surface area contributed by atoms with Gasteiger partial charge in [-0.05, 0) is 47.7 Å². The highest BCUT2D eigenvalue weighted by atomic mass is 79.9. The van der Waals surface area contributed by atoms with Crippen LogP contribution in [-0.4, -0.2) is 24.4 Å². The molecule has 0 bridgehead atoms. The van der Waals surface area contributed by atoms with Crippen LogP contribution in [0.2, 0.25) is 0 Å². The molecule has 1 N–H and O–H groups in total. The standard InChI is InChI=1S/C14H19BrO3/c15-13-7-1-4-11(10-16)14(13)18-9-3-6-12-5-2-8-17-12/h1,4,7,12,16H,2-3,5-6,8-10H2. The zero-order valence-electron chi connectivity index (χ0n) is 10.4. The van der Waals surface area contributed by atoms with Crippen LogP contribution in [0.3, 0.4) is 0 Å². The van der Waals surface area contributed by atoms with Crippen molar-refractivity contribution in [2.75, 3.05) is 13.2 Å². The van der Waals surface area contributed by atoms with Crippen molar-refractivity contribution in [1.29, 1.82) is 0 Å². The molecular weight excluding hydrogens is 296 g/mol. The zero-order valence-corrected chi connectivity index (χ0v) is 12.0. The molecule has 100 valence electrons. The van der Waals surface area contributed by atoms with Crippen LogP contribution < -0.4 is 4.74 Å². The Bertz CT molecular complexity index is 375. The van der Waals surface area contributed by atoms with Crippen LogP contribution >= 0.6 is 15.9 Å². The maximum absolute atomic E-state index is 9.25. The topological polar surface area (TPSA) is 38.7 Å². The second-order valence-electron chi connectivity index (χ2n) is 4.51. The van der Waals surface area contributed by atoms with Crippen molar-refractivity contribution in [3.05, 3.63) is 28.2 Å². The molecule has 0 radical (unpaired) electrons. The van der Waals surface area contributed by atoms with E-state index in [0.717, 1.165) is 35.2 Å². The number of ether oxygens (including phenoxy) is 2. The second-order valence-corrected chi connectivity index (χ2v) is 5.37. The van der Waals surface area contributed by atoms with Gasteiger partial charge in [0.1, 0.15) is 5.75 Å². The Labute approximate surface area is 116 Å². The average molecular weight is 315 g/mol. The summed E-state index contributed by atoms with van der Waals surface area (Å²) in [6.45, 7) is 1.57. The van der Waals surface area contributed by atoms with Gasteiger partial charge in [-0.1, -0.05) is 12.1 Å². The van der Waals surface area contributed by atoms with E-state index in [0.29, 0.717) is 12.7 Å². The Morgan fingerprint density at radius 1 is 1.44 bits per heavy atom. The molecule has 1 aromatic rings. The minimum absolute atomic E-state index is 0.000505. The highest BCUT2D eigenvalue weighted by Gasteiger charge is 2.15. The van der Waals surface area contributed by atoms with Crippen LogP contribution in [0.1, 0.15) is 31.2 Å². The van der Waals surface area contributed by atoms with Crippen molar-refractivity contribution in [1.82, 2.24) is 0 Å². The first-order valence-electron chi connectivity index (χ1n) is 6.44. The number of benzene rings is 1. The number of halogens is 1. The predicted octanol–water partition coefficient (Wildman–Crippen LogP) is 3.28. The highest BCUT2D eigenvalue weighted by Crippen LogP contribution is 2.29. The molecule has 0 amide bonds. The normalized spacial score (nSPS) is 19.1. The lowest BCUT2D eigenvalue weighted by Crippen LogP contribution is -2.08. The molecule has 1 unspecified atom stereocenters. The Balaban J connectivity index is 1.78. The molecular formula is C14H19BrO3. The van der Waals surface area contributed by atoms with E-state index in [1.165, 1.54) is 12.8 Å². The number of hydrogen-bond acceptors (Lipinski definition) is 3. The van der Waals surface area contributed by atoms with Crippen molar-refractivity contribution < 1.29 is 14.6 Å². The summed E-state index contributed by atoms with van der Waals surface area (Å²) in [7, 11) is 0. The summed E-state index contributed by atoms with van der Waals surface area (Å²) in [5, 5.41) is 9.25. The molecule has 1 aliphatic rings. The van der Waals surface area contributed by atoms with E-state index >= 15 is 0 Å². The van der Waals surface area contributed by atoms with Crippen molar-refractivity contribution in [2.24, 2.45) is 0 Å². The quantitative estimate of drug-likeness (QED) is 0.819. The molecule has 1 atom stereocenters. The Hall–Kier alpha value is -0.580. The fraction of sp³-hybridized carbons (Fsp3) is 0.571. The molecule has 1 aromatic carbocycles. The van der Waals surface area contributed by atoms with Crippen molar-refractivity contribution >= 4 is 15.9 Å². The number of para-hydroxylation sites is 1. The molecule has 1 fully saturated rings. The highest BCUT2D eigenvalue weighted by molar-refractivity contribution is 9.10. The number of rotatable bonds is 6. The lowest BCUT2D eigenvalue weighted by Gasteiger charge is -2.13. The van der Waals surface area contributed by atoms with Crippen molar-refractivity contribution in [3.63, 3.8) is 0 Å². The van der Waals surface area contributed by atoms with Gasteiger partial charge in [-0.15, -0.1) is 0 Å². The van der Waals surface area contributed by atoms with E-state index in [-0.39, 0.29) is 6.61 Å². The average Bonchev–Trinajstić information content (AvgIpc) is 2.89. The minimum Gasteiger partial charge on any atom is -0.492 e. The lowest BCUT2D eigenvalue weighted by atomic mass is 10.1. The summed E-state index contributed by atoms with van der Waals surface area (Å²) in [6, 6.07) is 5.70. The molecule has 1 heterocycles. The van der Waals surface area contributed by atoms with Crippen LogP contribution in [0, 0.1) is 0 Å². The molecule has 0 spiro atoms. The molecule has 0 aromatic heterocycles. The maximum atomic E-state index is 9.25. The van der Waals surface area contributed by atoms with Gasteiger partial charge >= 0.3 is 0 Å². The number of aliphatic hydroxyl groups is 1. The lowest BCUT2D eigenvalue weighted by molar-refractivity contribution is 0.0979. The van der Waals surface area contributed by atoms with Gasteiger partial charge < -0.3 is 14.6 Å². The van der Waals surface area contributed by atoms with Crippen LogP contribution in [-0.2, 0) is 11.3 Å². The van der Waals surface area contributed by atoms with E-state index in [1.807, 2.05) is 18.2 Å². The maximum Gasteiger partial charge on any atom is 0.138 e. The van der Waals surface area contributed by atoms with E-state index < -0.39 is 0 Å². The van der Waals surface area contributed by atoms with Gasteiger partial charge in [-0.3, -0.25) is 0 Å². The van der Waals surface area contributed by atoms with Crippen molar-refractivity contribution in [2.45, 2.75) is 38.4 Å². The smallest absolute Gasteiger partial charge is 0.138 e. The third-order valence-corrected chi connectivity index (χ3v) is 3.78. The molecule has 18 heavy (non-hydrogen) atoms. The molecule has 4 heteroatoms. The third kappa shape index (κ3) is 3.70. The summed E-state index contributed by atoms with van der Waals surface area (Å²) in [4.78, 5) is 0. The van der Waals surface area contributed by atoms with Gasteiger partial charge in [0.25, 0.3) is 0 Å². The molecule has 0 saturated carbocycles. The molecule has 1 saturated heterocycles. The largest absolute Gasteiger partial charge is 0.492 e.